The minimum absolute atomic E-state index is 0. The van der Waals surface area contributed by atoms with Gasteiger partial charge in [-0.3, -0.25) is 0 Å². The lowest BCUT2D eigenvalue weighted by Crippen LogP contribution is -2.31. The van der Waals surface area contributed by atoms with E-state index >= 15 is 0 Å². The molecule has 0 aromatic heterocycles. The number of aliphatic hydroxyl groups excluding tert-OH is 1. The third-order valence-corrected chi connectivity index (χ3v) is 4.57. The van der Waals surface area contributed by atoms with Crippen molar-refractivity contribution in [2.24, 2.45) is 0 Å². The van der Waals surface area contributed by atoms with Crippen LogP contribution in [0.4, 0.5) is 0 Å². The molecule has 2 aromatic carbocycles. The molecule has 9 heteroatoms. The number of ether oxygens (including phenoxy) is 2. The van der Waals surface area contributed by atoms with Gasteiger partial charge in [0.25, 0.3) is 0 Å². The average Bonchev–Trinajstić information content (AvgIpc) is 2.65. The van der Waals surface area contributed by atoms with Crippen LogP contribution >= 0.6 is 48.0 Å². The first kappa shape index (κ1) is 29.1. The second kappa shape index (κ2) is 15.8. The Labute approximate surface area is 201 Å². The number of rotatable bonds is 12. The Morgan fingerprint density at radius 2 is 1.73 bits per heavy atom. The third-order valence-electron chi connectivity index (χ3n) is 3.98. The molecule has 2 aromatic rings. The first-order valence-corrected chi connectivity index (χ1v) is 10.2. The number of para-hydroxylation sites is 1. The third kappa shape index (κ3) is 9.92. The van der Waals surface area contributed by atoms with E-state index in [1.165, 1.54) is 0 Å². The standard InChI is InChI=1S/C21H28Cl2N2O3.2ClH/c1-3-27-20-6-4-5-16(13-25-10-9-24-12-15(2)26)21(20)28-14-17-7-8-18(22)11-19(17)23;;/h4-8,11,15,24-26H,3,9-10,12-14H2,1-2H3;2*1H. The molecule has 0 aliphatic rings. The van der Waals surface area contributed by atoms with Crippen LogP contribution in [0.15, 0.2) is 36.4 Å². The van der Waals surface area contributed by atoms with Crippen LogP contribution in [0.2, 0.25) is 10.0 Å². The molecule has 0 amide bonds. The molecule has 1 unspecified atom stereocenters. The van der Waals surface area contributed by atoms with Gasteiger partial charge < -0.3 is 25.2 Å². The van der Waals surface area contributed by atoms with Crippen molar-refractivity contribution in [1.82, 2.24) is 10.6 Å². The minimum atomic E-state index is -0.345. The Morgan fingerprint density at radius 1 is 1.00 bits per heavy atom. The molecule has 30 heavy (non-hydrogen) atoms. The van der Waals surface area contributed by atoms with Crippen LogP contribution in [0.1, 0.15) is 25.0 Å². The Morgan fingerprint density at radius 3 is 2.40 bits per heavy atom. The zero-order valence-corrected chi connectivity index (χ0v) is 20.3. The molecule has 0 aliphatic heterocycles. The summed E-state index contributed by atoms with van der Waals surface area (Å²) in [6.07, 6.45) is -0.345. The van der Waals surface area contributed by atoms with Crippen LogP contribution in [0.3, 0.4) is 0 Å². The number of benzene rings is 2. The molecule has 3 N–H and O–H groups in total. The number of hydrogen-bond acceptors (Lipinski definition) is 5. The van der Waals surface area contributed by atoms with E-state index in [1.54, 1.807) is 19.1 Å². The maximum absolute atomic E-state index is 9.26. The summed E-state index contributed by atoms with van der Waals surface area (Å²) < 4.78 is 11.8. The molecule has 0 aliphatic carbocycles. The highest BCUT2D eigenvalue weighted by atomic mass is 35.5. The van der Waals surface area contributed by atoms with E-state index in [4.69, 9.17) is 32.7 Å². The number of nitrogens with one attached hydrogen (secondary N) is 2. The van der Waals surface area contributed by atoms with Crippen LogP contribution < -0.4 is 20.1 Å². The smallest absolute Gasteiger partial charge is 0.166 e. The lowest BCUT2D eigenvalue weighted by molar-refractivity contribution is 0.191. The molecule has 0 bridgehead atoms. The molecule has 0 spiro atoms. The number of aliphatic hydroxyl groups is 1. The van der Waals surface area contributed by atoms with Crippen LogP contribution in [0.5, 0.6) is 11.5 Å². The predicted molar refractivity (Wildman–Crippen MR) is 129 cm³/mol. The molecule has 0 saturated heterocycles. The molecule has 170 valence electrons. The Balaban J connectivity index is 0.00000420. The summed E-state index contributed by atoms with van der Waals surface area (Å²) in [6, 6.07) is 11.2. The SMILES string of the molecule is CCOc1cccc(CNCCNCC(C)O)c1OCc1ccc(Cl)cc1Cl.Cl.Cl. The highest BCUT2D eigenvalue weighted by Gasteiger charge is 2.12. The second-order valence-corrected chi connectivity index (χ2v) is 7.28. The predicted octanol–water partition coefficient (Wildman–Crippen LogP) is 4.87. The van der Waals surface area contributed by atoms with Crippen molar-refractivity contribution in [3.05, 3.63) is 57.6 Å². The van der Waals surface area contributed by atoms with E-state index in [0.29, 0.717) is 47.8 Å². The number of hydrogen-bond donors (Lipinski definition) is 3. The van der Waals surface area contributed by atoms with Crippen molar-refractivity contribution in [2.45, 2.75) is 33.1 Å². The van der Waals surface area contributed by atoms with Gasteiger partial charge in [-0.15, -0.1) is 24.8 Å². The lowest BCUT2D eigenvalue weighted by atomic mass is 10.1. The van der Waals surface area contributed by atoms with E-state index in [2.05, 4.69) is 10.6 Å². The zero-order chi connectivity index (χ0) is 20.4. The molecule has 1 atom stereocenters. The molecule has 5 nitrogen and oxygen atoms in total. The van der Waals surface area contributed by atoms with Gasteiger partial charge in [0.2, 0.25) is 0 Å². The van der Waals surface area contributed by atoms with E-state index in [9.17, 15) is 5.11 Å². The average molecular weight is 500 g/mol. The molecule has 0 saturated carbocycles. The maximum Gasteiger partial charge on any atom is 0.166 e. The van der Waals surface area contributed by atoms with Crippen LogP contribution in [-0.4, -0.2) is 37.5 Å². The Kier molecular flexibility index (Phi) is 15.3. The number of halogens is 4. The zero-order valence-electron chi connectivity index (χ0n) is 17.1. The largest absolute Gasteiger partial charge is 0.490 e. The highest BCUT2D eigenvalue weighted by molar-refractivity contribution is 6.35. The first-order valence-electron chi connectivity index (χ1n) is 9.42. The molecule has 0 heterocycles. The normalized spacial score (nSPS) is 11.2. The van der Waals surface area contributed by atoms with Crippen LogP contribution in [0.25, 0.3) is 0 Å². The van der Waals surface area contributed by atoms with Gasteiger partial charge in [0.05, 0.1) is 12.7 Å². The van der Waals surface area contributed by atoms with Crippen molar-refractivity contribution in [1.29, 1.82) is 0 Å². The second-order valence-electron chi connectivity index (χ2n) is 6.43. The summed E-state index contributed by atoms with van der Waals surface area (Å²) in [7, 11) is 0. The fourth-order valence-electron chi connectivity index (χ4n) is 2.63. The van der Waals surface area contributed by atoms with Crippen molar-refractivity contribution < 1.29 is 14.6 Å². The Bertz CT molecular complexity index is 748. The van der Waals surface area contributed by atoms with Crippen LogP contribution in [0, 0.1) is 0 Å². The van der Waals surface area contributed by atoms with Crippen molar-refractivity contribution in [3.63, 3.8) is 0 Å². The summed E-state index contributed by atoms with van der Waals surface area (Å²) in [6.45, 7) is 7.34. The quantitative estimate of drug-likeness (QED) is 0.363. The van der Waals surface area contributed by atoms with E-state index in [1.807, 2.05) is 31.2 Å². The molecular weight excluding hydrogens is 470 g/mol. The lowest BCUT2D eigenvalue weighted by Gasteiger charge is -2.17. The minimum Gasteiger partial charge on any atom is -0.490 e. The molecular formula is C21H30Cl4N2O3. The Hall–Kier alpha value is -0.920. The van der Waals surface area contributed by atoms with Crippen molar-refractivity contribution >= 4 is 48.0 Å². The van der Waals surface area contributed by atoms with Crippen molar-refractivity contribution in [3.8, 4) is 11.5 Å². The molecule has 0 radical (unpaired) electrons. The summed E-state index contributed by atoms with van der Waals surface area (Å²) in [5, 5.41) is 17.0. The van der Waals surface area contributed by atoms with Gasteiger partial charge in [0.15, 0.2) is 11.5 Å². The van der Waals surface area contributed by atoms with Gasteiger partial charge in [-0.05, 0) is 32.0 Å². The van der Waals surface area contributed by atoms with Gasteiger partial charge in [-0.25, -0.2) is 0 Å². The maximum atomic E-state index is 9.26. The summed E-state index contributed by atoms with van der Waals surface area (Å²) >= 11 is 12.2. The first-order chi connectivity index (χ1) is 13.5. The topological polar surface area (TPSA) is 62.8 Å². The van der Waals surface area contributed by atoms with Gasteiger partial charge in [0.1, 0.15) is 6.61 Å². The summed E-state index contributed by atoms with van der Waals surface area (Å²) in [5.74, 6) is 1.42. The van der Waals surface area contributed by atoms with Gasteiger partial charge >= 0.3 is 0 Å². The van der Waals surface area contributed by atoms with Crippen LogP contribution in [-0.2, 0) is 13.2 Å². The van der Waals surface area contributed by atoms with Crippen molar-refractivity contribution in [2.75, 3.05) is 26.2 Å². The fraction of sp³-hybridized carbons (Fsp3) is 0.429. The summed E-state index contributed by atoms with van der Waals surface area (Å²) in [5.41, 5.74) is 1.87. The van der Waals surface area contributed by atoms with E-state index in [-0.39, 0.29) is 30.9 Å². The fourth-order valence-corrected chi connectivity index (χ4v) is 3.10. The van der Waals surface area contributed by atoms with Gasteiger partial charge in [0, 0.05) is 47.4 Å². The summed E-state index contributed by atoms with van der Waals surface area (Å²) in [4.78, 5) is 0. The highest BCUT2D eigenvalue weighted by Crippen LogP contribution is 2.33. The van der Waals surface area contributed by atoms with Gasteiger partial charge in [-0.1, -0.05) is 41.4 Å². The van der Waals surface area contributed by atoms with Gasteiger partial charge in [-0.2, -0.15) is 0 Å². The van der Waals surface area contributed by atoms with E-state index < -0.39 is 0 Å². The monoisotopic (exact) mass is 498 g/mol. The van der Waals surface area contributed by atoms with E-state index in [0.717, 1.165) is 24.2 Å². The molecule has 0 fully saturated rings. The molecule has 2 rings (SSSR count).